The molecule has 0 fully saturated rings. The lowest BCUT2D eigenvalue weighted by Gasteiger charge is -2.13. The van der Waals surface area contributed by atoms with Crippen molar-refractivity contribution in [3.8, 4) is 5.75 Å². The Hall–Kier alpha value is -1.51. The molecule has 0 saturated heterocycles. The fourth-order valence-electron chi connectivity index (χ4n) is 1.94. The molecule has 2 nitrogen and oxygen atoms in total. The van der Waals surface area contributed by atoms with E-state index in [0.717, 1.165) is 22.9 Å². The van der Waals surface area contributed by atoms with Crippen molar-refractivity contribution in [1.82, 2.24) is 5.32 Å². The van der Waals surface area contributed by atoms with Crippen molar-refractivity contribution in [1.29, 1.82) is 0 Å². The standard InChI is InChI=1S/C16H18ClNO/c1-12-5-3-4-6-13(12)11-19-16-8-7-15(17)9-14(16)10-18-2/h3-9,18H,10-11H2,1-2H3. The monoisotopic (exact) mass is 275 g/mol. The summed E-state index contributed by atoms with van der Waals surface area (Å²) in [7, 11) is 1.91. The summed E-state index contributed by atoms with van der Waals surface area (Å²) in [5.74, 6) is 0.877. The van der Waals surface area contributed by atoms with Gasteiger partial charge in [0.05, 0.1) is 0 Å². The molecular formula is C16H18ClNO. The molecule has 0 aliphatic heterocycles. The molecule has 3 heteroatoms. The van der Waals surface area contributed by atoms with Crippen LogP contribution in [0, 0.1) is 6.92 Å². The Kier molecular flexibility index (Phi) is 4.83. The first-order chi connectivity index (χ1) is 9.20. The average molecular weight is 276 g/mol. The minimum atomic E-state index is 0.574. The zero-order valence-electron chi connectivity index (χ0n) is 11.2. The summed E-state index contributed by atoms with van der Waals surface area (Å²) in [6.07, 6.45) is 0. The maximum Gasteiger partial charge on any atom is 0.124 e. The highest BCUT2D eigenvalue weighted by Crippen LogP contribution is 2.24. The molecule has 2 aromatic carbocycles. The van der Waals surface area contributed by atoms with Crippen LogP contribution in [0.25, 0.3) is 0 Å². The van der Waals surface area contributed by atoms with Crippen LogP contribution < -0.4 is 10.1 Å². The summed E-state index contributed by atoms with van der Waals surface area (Å²) in [5.41, 5.74) is 3.52. The minimum Gasteiger partial charge on any atom is -0.489 e. The number of halogens is 1. The first-order valence-electron chi connectivity index (χ1n) is 6.31. The van der Waals surface area contributed by atoms with Gasteiger partial charge in [-0.1, -0.05) is 35.9 Å². The second-order valence-corrected chi connectivity index (χ2v) is 4.93. The number of rotatable bonds is 5. The van der Waals surface area contributed by atoms with Crippen molar-refractivity contribution in [2.24, 2.45) is 0 Å². The smallest absolute Gasteiger partial charge is 0.124 e. The highest BCUT2D eigenvalue weighted by Gasteiger charge is 2.05. The van der Waals surface area contributed by atoms with Crippen LogP contribution in [0.4, 0.5) is 0 Å². The van der Waals surface area contributed by atoms with Gasteiger partial charge in [0.25, 0.3) is 0 Å². The van der Waals surface area contributed by atoms with Gasteiger partial charge in [0.2, 0.25) is 0 Å². The molecule has 0 bridgehead atoms. The molecule has 1 N–H and O–H groups in total. The van der Waals surface area contributed by atoms with E-state index in [9.17, 15) is 0 Å². The van der Waals surface area contributed by atoms with Crippen molar-refractivity contribution < 1.29 is 4.74 Å². The molecule has 0 unspecified atom stereocenters. The fourth-order valence-corrected chi connectivity index (χ4v) is 2.14. The van der Waals surface area contributed by atoms with Gasteiger partial charge in [-0.15, -0.1) is 0 Å². The van der Waals surface area contributed by atoms with Gasteiger partial charge in [-0.05, 0) is 43.3 Å². The predicted octanol–water partition coefficient (Wildman–Crippen LogP) is 3.95. The second-order valence-electron chi connectivity index (χ2n) is 4.50. The van der Waals surface area contributed by atoms with Gasteiger partial charge in [-0.25, -0.2) is 0 Å². The summed E-state index contributed by atoms with van der Waals surface area (Å²) in [4.78, 5) is 0. The number of hydrogen-bond acceptors (Lipinski definition) is 2. The highest BCUT2D eigenvalue weighted by molar-refractivity contribution is 6.30. The zero-order chi connectivity index (χ0) is 13.7. The lowest BCUT2D eigenvalue weighted by atomic mass is 10.1. The molecule has 0 aromatic heterocycles. The third-order valence-electron chi connectivity index (χ3n) is 3.03. The van der Waals surface area contributed by atoms with Crippen LogP contribution in [0.15, 0.2) is 42.5 Å². The van der Waals surface area contributed by atoms with Gasteiger partial charge in [-0.3, -0.25) is 0 Å². The largest absolute Gasteiger partial charge is 0.489 e. The molecule has 0 radical (unpaired) electrons. The Balaban J connectivity index is 2.13. The molecule has 2 aromatic rings. The van der Waals surface area contributed by atoms with Gasteiger partial charge < -0.3 is 10.1 Å². The molecule has 0 amide bonds. The van der Waals surface area contributed by atoms with E-state index in [0.29, 0.717) is 6.61 Å². The fraction of sp³-hybridized carbons (Fsp3) is 0.250. The quantitative estimate of drug-likeness (QED) is 0.892. The Morgan fingerprint density at radius 1 is 1.11 bits per heavy atom. The highest BCUT2D eigenvalue weighted by atomic mass is 35.5. The van der Waals surface area contributed by atoms with Crippen molar-refractivity contribution >= 4 is 11.6 Å². The van der Waals surface area contributed by atoms with Gasteiger partial charge in [0, 0.05) is 17.1 Å². The van der Waals surface area contributed by atoms with Crippen LogP contribution in [0.3, 0.4) is 0 Å². The normalized spacial score (nSPS) is 10.5. The molecule has 19 heavy (non-hydrogen) atoms. The number of hydrogen-bond donors (Lipinski definition) is 1. The zero-order valence-corrected chi connectivity index (χ0v) is 12.0. The van der Waals surface area contributed by atoms with Crippen LogP contribution in [-0.2, 0) is 13.2 Å². The van der Waals surface area contributed by atoms with E-state index < -0.39 is 0 Å². The number of ether oxygens (including phenoxy) is 1. The average Bonchev–Trinajstić information content (AvgIpc) is 2.40. The Labute approximate surface area is 119 Å². The van der Waals surface area contributed by atoms with Gasteiger partial charge in [-0.2, -0.15) is 0 Å². The Morgan fingerprint density at radius 2 is 1.89 bits per heavy atom. The first-order valence-corrected chi connectivity index (χ1v) is 6.69. The van der Waals surface area contributed by atoms with Crippen LogP contribution in [0.2, 0.25) is 5.02 Å². The van der Waals surface area contributed by atoms with Gasteiger partial charge in [0.1, 0.15) is 12.4 Å². The topological polar surface area (TPSA) is 21.3 Å². The minimum absolute atomic E-state index is 0.574. The maximum atomic E-state index is 6.01. The van der Waals surface area contributed by atoms with Gasteiger partial charge >= 0.3 is 0 Å². The second kappa shape index (κ2) is 6.60. The molecular weight excluding hydrogens is 258 g/mol. The molecule has 0 atom stereocenters. The predicted molar refractivity (Wildman–Crippen MR) is 79.7 cm³/mol. The third kappa shape index (κ3) is 3.72. The molecule has 0 spiro atoms. The lowest BCUT2D eigenvalue weighted by Crippen LogP contribution is -2.08. The molecule has 2 rings (SSSR count). The van der Waals surface area contributed by atoms with E-state index in [1.54, 1.807) is 0 Å². The molecule has 0 aliphatic carbocycles. The summed E-state index contributed by atoms with van der Waals surface area (Å²) >= 11 is 6.01. The molecule has 0 heterocycles. The SMILES string of the molecule is CNCc1cc(Cl)ccc1OCc1ccccc1C. The van der Waals surface area contributed by atoms with Crippen molar-refractivity contribution in [2.75, 3.05) is 7.05 Å². The van der Waals surface area contributed by atoms with Crippen molar-refractivity contribution in [3.05, 3.63) is 64.2 Å². The first kappa shape index (κ1) is 13.9. The van der Waals surface area contributed by atoms with Crippen molar-refractivity contribution in [2.45, 2.75) is 20.1 Å². The van der Waals surface area contributed by atoms with E-state index in [1.807, 2.05) is 37.4 Å². The third-order valence-corrected chi connectivity index (χ3v) is 3.27. The van der Waals surface area contributed by atoms with Crippen LogP contribution in [0.5, 0.6) is 5.75 Å². The number of nitrogens with one attached hydrogen (secondary N) is 1. The summed E-state index contributed by atoms with van der Waals surface area (Å²) in [6.45, 7) is 3.41. The van der Waals surface area contributed by atoms with E-state index in [-0.39, 0.29) is 0 Å². The lowest BCUT2D eigenvalue weighted by molar-refractivity contribution is 0.301. The van der Waals surface area contributed by atoms with E-state index in [2.05, 4.69) is 24.4 Å². The molecule has 100 valence electrons. The number of aryl methyl sites for hydroxylation is 1. The Bertz CT molecular complexity index is 554. The Morgan fingerprint density at radius 3 is 2.63 bits per heavy atom. The van der Waals surface area contributed by atoms with Crippen LogP contribution in [-0.4, -0.2) is 7.05 Å². The van der Waals surface area contributed by atoms with E-state index in [4.69, 9.17) is 16.3 Å². The van der Waals surface area contributed by atoms with Gasteiger partial charge in [0.15, 0.2) is 0 Å². The molecule has 0 aliphatic rings. The maximum absolute atomic E-state index is 6.01. The summed E-state index contributed by atoms with van der Waals surface area (Å²) in [5, 5.41) is 3.85. The molecule has 0 saturated carbocycles. The van der Waals surface area contributed by atoms with Crippen LogP contribution in [0.1, 0.15) is 16.7 Å². The van der Waals surface area contributed by atoms with E-state index in [1.165, 1.54) is 11.1 Å². The summed E-state index contributed by atoms with van der Waals surface area (Å²) in [6, 6.07) is 14.0. The van der Waals surface area contributed by atoms with E-state index >= 15 is 0 Å². The number of benzene rings is 2. The summed E-state index contributed by atoms with van der Waals surface area (Å²) < 4.78 is 5.91. The van der Waals surface area contributed by atoms with Crippen molar-refractivity contribution in [3.63, 3.8) is 0 Å². The van der Waals surface area contributed by atoms with Crippen LogP contribution >= 0.6 is 11.6 Å².